The maximum absolute atomic E-state index is 13.9. The molecule has 11 heteroatoms. The van der Waals surface area contributed by atoms with Gasteiger partial charge in [-0.1, -0.05) is 41.9 Å². The van der Waals surface area contributed by atoms with Crippen molar-refractivity contribution in [3.63, 3.8) is 0 Å². The highest BCUT2D eigenvalue weighted by Gasteiger charge is 2.36. The lowest BCUT2D eigenvalue weighted by Gasteiger charge is -2.35. The molecule has 0 radical (unpaired) electrons. The summed E-state index contributed by atoms with van der Waals surface area (Å²) in [6.07, 6.45) is 0.277. The minimum absolute atomic E-state index is 0.164. The molecule has 0 unspecified atom stereocenters. The van der Waals surface area contributed by atoms with E-state index in [0.29, 0.717) is 34.1 Å². The van der Waals surface area contributed by atoms with Crippen LogP contribution in [0.1, 0.15) is 64.3 Å². The van der Waals surface area contributed by atoms with Gasteiger partial charge in [0, 0.05) is 53.3 Å². The standard InChI is InChI=1S/C29H34ClN5O5/c1-6-29(4,5)33-28(39)27(22-9-7-8-10-23(22)30)35(21-13-11-20(12-14-21)31-19(3)36)26(38)16-15-25(37)32-24-17-18(2)40-34-24/h7-14,17,27H,6,15-16H2,1-5H3,(H,31,36)(H,33,39)(H,32,34,37)/t27-/m0/s1. The van der Waals surface area contributed by atoms with Crippen molar-refractivity contribution in [3.05, 3.63) is 70.9 Å². The van der Waals surface area contributed by atoms with Gasteiger partial charge in [0.15, 0.2) is 5.82 Å². The summed E-state index contributed by atoms with van der Waals surface area (Å²) in [6.45, 7) is 8.81. The first-order valence-corrected chi connectivity index (χ1v) is 13.3. The van der Waals surface area contributed by atoms with Gasteiger partial charge in [-0.15, -0.1) is 0 Å². The van der Waals surface area contributed by atoms with Gasteiger partial charge in [-0.3, -0.25) is 24.1 Å². The number of aryl methyl sites for hydroxylation is 1. The first-order valence-electron chi connectivity index (χ1n) is 12.9. The first-order chi connectivity index (χ1) is 18.9. The number of nitrogens with one attached hydrogen (secondary N) is 3. The van der Waals surface area contributed by atoms with Crippen LogP contribution in [-0.2, 0) is 19.2 Å². The molecule has 3 N–H and O–H groups in total. The van der Waals surface area contributed by atoms with Gasteiger partial charge in [0.2, 0.25) is 23.6 Å². The number of rotatable bonds is 11. The van der Waals surface area contributed by atoms with Crippen LogP contribution in [0.15, 0.2) is 59.1 Å². The summed E-state index contributed by atoms with van der Waals surface area (Å²) in [5.74, 6) is -0.813. The Balaban J connectivity index is 2.00. The van der Waals surface area contributed by atoms with E-state index >= 15 is 0 Å². The zero-order chi connectivity index (χ0) is 29.4. The normalized spacial score (nSPS) is 11.8. The molecule has 40 heavy (non-hydrogen) atoms. The van der Waals surface area contributed by atoms with Crippen molar-refractivity contribution >= 4 is 52.4 Å². The monoisotopic (exact) mass is 567 g/mol. The molecule has 0 aliphatic rings. The van der Waals surface area contributed by atoms with Crippen molar-refractivity contribution in [2.24, 2.45) is 0 Å². The molecule has 0 saturated heterocycles. The van der Waals surface area contributed by atoms with Gasteiger partial charge >= 0.3 is 0 Å². The fraction of sp³-hybridized carbons (Fsp3) is 0.345. The highest BCUT2D eigenvalue weighted by atomic mass is 35.5. The maximum atomic E-state index is 13.9. The van der Waals surface area contributed by atoms with Gasteiger partial charge in [0.25, 0.3) is 0 Å². The third-order valence-corrected chi connectivity index (χ3v) is 6.59. The van der Waals surface area contributed by atoms with E-state index in [4.69, 9.17) is 16.1 Å². The van der Waals surface area contributed by atoms with Crippen LogP contribution in [0.4, 0.5) is 17.2 Å². The molecule has 3 aromatic rings. The fourth-order valence-electron chi connectivity index (χ4n) is 3.90. The number of halogens is 1. The van der Waals surface area contributed by atoms with Crippen LogP contribution in [0.5, 0.6) is 0 Å². The summed E-state index contributed by atoms with van der Waals surface area (Å²) in [5, 5.41) is 12.4. The van der Waals surface area contributed by atoms with Gasteiger partial charge in [-0.25, -0.2) is 0 Å². The molecule has 0 saturated carbocycles. The zero-order valence-electron chi connectivity index (χ0n) is 23.2. The van der Waals surface area contributed by atoms with Gasteiger partial charge in [0.1, 0.15) is 11.8 Å². The van der Waals surface area contributed by atoms with Crippen LogP contribution in [0.2, 0.25) is 5.02 Å². The van der Waals surface area contributed by atoms with E-state index in [2.05, 4.69) is 21.1 Å². The van der Waals surface area contributed by atoms with E-state index in [-0.39, 0.29) is 24.6 Å². The second kappa shape index (κ2) is 13.3. The average molecular weight is 568 g/mol. The number of anilines is 3. The Morgan fingerprint density at radius 2 is 1.70 bits per heavy atom. The van der Waals surface area contributed by atoms with E-state index in [1.807, 2.05) is 20.8 Å². The summed E-state index contributed by atoms with van der Waals surface area (Å²) in [5.41, 5.74) is 0.782. The van der Waals surface area contributed by atoms with Crippen LogP contribution < -0.4 is 20.9 Å². The van der Waals surface area contributed by atoms with Crippen molar-refractivity contribution in [3.8, 4) is 0 Å². The van der Waals surface area contributed by atoms with Crippen molar-refractivity contribution in [2.45, 2.75) is 65.5 Å². The molecule has 1 aromatic heterocycles. The number of carbonyl (C=O) groups excluding carboxylic acids is 4. The molecule has 10 nitrogen and oxygen atoms in total. The van der Waals surface area contributed by atoms with Crippen molar-refractivity contribution in [1.82, 2.24) is 10.5 Å². The Labute approximate surface area is 238 Å². The predicted octanol–water partition coefficient (Wildman–Crippen LogP) is 5.39. The van der Waals surface area contributed by atoms with E-state index in [0.717, 1.165) is 0 Å². The Bertz CT molecular complexity index is 1370. The molecule has 1 atom stereocenters. The van der Waals surface area contributed by atoms with Gasteiger partial charge in [0.05, 0.1) is 0 Å². The molecule has 0 fully saturated rings. The zero-order valence-corrected chi connectivity index (χ0v) is 24.0. The second-order valence-electron chi connectivity index (χ2n) is 10.0. The Kier molecular flexibility index (Phi) is 10.1. The number of amides is 4. The van der Waals surface area contributed by atoms with Crippen LogP contribution in [-0.4, -0.2) is 34.3 Å². The van der Waals surface area contributed by atoms with Crippen molar-refractivity contribution in [2.75, 3.05) is 15.5 Å². The fourth-order valence-corrected chi connectivity index (χ4v) is 4.14. The maximum Gasteiger partial charge on any atom is 0.248 e. The van der Waals surface area contributed by atoms with Crippen molar-refractivity contribution in [1.29, 1.82) is 0 Å². The lowest BCUT2D eigenvalue weighted by molar-refractivity contribution is -0.128. The summed E-state index contributed by atoms with van der Waals surface area (Å²) >= 11 is 6.56. The molecule has 0 bridgehead atoms. The van der Waals surface area contributed by atoms with E-state index in [9.17, 15) is 19.2 Å². The summed E-state index contributed by atoms with van der Waals surface area (Å²) in [4.78, 5) is 53.2. The van der Waals surface area contributed by atoms with Gasteiger partial charge in [-0.2, -0.15) is 0 Å². The number of carbonyl (C=O) groups is 4. The molecule has 0 aliphatic carbocycles. The minimum Gasteiger partial charge on any atom is -0.360 e. The summed E-state index contributed by atoms with van der Waals surface area (Å²) in [6, 6.07) is 13.8. The third kappa shape index (κ3) is 8.16. The molecular weight excluding hydrogens is 534 g/mol. The molecule has 4 amide bonds. The van der Waals surface area contributed by atoms with Gasteiger partial charge in [-0.05, 0) is 57.5 Å². The molecule has 0 aliphatic heterocycles. The number of hydrogen-bond acceptors (Lipinski definition) is 6. The lowest BCUT2D eigenvalue weighted by atomic mass is 9.97. The van der Waals surface area contributed by atoms with E-state index in [1.165, 1.54) is 11.8 Å². The topological polar surface area (TPSA) is 134 Å². The van der Waals surface area contributed by atoms with Crippen LogP contribution in [0.25, 0.3) is 0 Å². The van der Waals surface area contributed by atoms with Crippen LogP contribution >= 0.6 is 11.6 Å². The lowest BCUT2D eigenvalue weighted by Crippen LogP contribution is -2.50. The molecule has 1 heterocycles. The highest BCUT2D eigenvalue weighted by Crippen LogP contribution is 2.34. The molecule has 212 valence electrons. The highest BCUT2D eigenvalue weighted by molar-refractivity contribution is 6.31. The smallest absolute Gasteiger partial charge is 0.248 e. The largest absolute Gasteiger partial charge is 0.360 e. The van der Waals surface area contributed by atoms with E-state index < -0.39 is 29.3 Å². The number of nitrogens with zero attached hydrogens (tertiary/aromatic N) is 2. The Hall–Kier alpha value is -4.18. The van der Waals surface area contributed by atoms with E-state index in [1.54, 1.807) is 61.5 Å². The second-order valence-corrected chi connectivity index (χ2v) is 10.4. The summed E-state index contributed by atoms with van der Waals surface area (Å²) < 4.78 is 4.96. The Morgan fingerprint density at radius 3 is 2.27 bits per heavy atom. The molecule has 0 spiro atoms. The predicted molar refractivity (Wildman–Crippen MR) is 154 cm³/mol. The Morgan fingerprint density at radius 1 is 1.02 bits per heavy atom. The number of hydrogen-bond donors (Lipinski definition) is 3. The third-order valence-electron chi connectivity index (χ3n) is 6.25. The van der Waals surface area contributed by atoms with Crippen LogP contribution in [0.3, 0.4) is 0 Å². The minimum atomic E-state index is -1.14. The van der Waals surface area contributed by atoms with Crippen LogP contribution in [0, 0.1) is 6.92 Å². The van der Waals surface area contributed by atoms with Gasteiger partial charge < -0.3 is 20.5 Å². The first kappa shape index (κ1) is 30.4. The number of aromatic nitrogens is 1. The quantitative estimate of drug-likeness (QED) is 0.284. The molecular formula is C29H34ClN5O5. The molecule has 2 aromatic carbocycles. The molecule has 3 rings (SSSR count). The summed E-state index contributed by atoms with van der Waals surface area (Å²) in [7, 11) is 0. The van der Waals surface area contributed by atoms with Crippen molar-refractivity contribution < 1.29 is 23.7 Å². The number of benzene rings is 2. The average Bonchev–Trinajstić information content (AvgIpc) is 3.30. The SMILES string of the molecule is CCC(C)(C)NC(=O)[C@H](c1ccccc1Cl)N(C(=O)CCC(=O)Nc1cc(C)on1)c1ccc(NC(C)=O)cc1.